The molecule has 1 saturated carbocycles. The van der Waals surface area contributed by atoms with Crippen LogP contribution in [0.15, 0.2) is 42.5 Å². The first-order valence-corrected chi connectivity index (χ1v) is 10.9. The smallest absolute Gasteiger partial charge is 0.465 e. The van der Waals surface area contributed by atoms with Crippen LogP contribution in [-0.2, 0) is 4.74 Å². The van der Waals surface area contributed by atoms with Crippen molar-refractivity contribution in [2.45, 2.75) is 52.4 Å². The number of imidazole rings is 1. The van der Waals surface area contributed by atoms with E-state index >= 15 is 0 Å². The quantitative estimate of drug-likeness (QED) is 0.403. The summed E-state index contributed by atoms with van der Waals surface area (Å²) in [5, 5.41) is 0. The molecule has 1 aromatic heterocycles. The van der Waals surface area contributed by atoms with Crippen molar-refractivity contribution in [2.75, 3.05) is 7.11 Å². The Morgan fingerprint density at radius 2 is 1.82 bits per heavy atom. The fourth-order valence-corrected chi connectivity index (χ4v) is 5.21. The van der Waals surface area contributed by atoms with Crippen molar-refractivity contribution in [1.29, 1.82) is 0 Å². The third kappa shape index (κ3) is 4.99. The molecular weight excluding hydrogens is 433 g/mol. The number of halogens is 3. The first-order valence-electron chi connectivity index (χ1n) is 10.9. The Hall–Kier alpha value is -3.03. The summed E-state index contributed by atoms with van der Waals surface area (Å²) in [7, 11) is 1.33. The number of alkyl halides is 3. The van der Waals surface area contributed by atoms with E-state index in [4.69, 9.17) is 9.72 Å². The molecule has 1 heterocycles. The number of fused-ring (bicyclic) bond motifs is 1. The highest BCUT2D eigenvalue weighted by Crippen LogP contribution is 2.46. The van der Waals surface area contributed by atoms with Gasteiger partial charge in [0, 0.05) is 11.6 Å². The van der Waals surface area contributed by atoms with Gasteiger partial charge in [0.2, 0.25) is 0 Å². The van der Waals surface area contributed by atoms with Crippen LogP contribution in [0.3, 0.4) is 0 Å². The highest BCUT2D eigenvalue weighted by molar-refractivity contribution is 5.94. The van der Waals surface area contributed by atoms with Gasteiger partial charge in [0.25, 0.3) is 0 Å². The second-order valence-corrected chi connectivity index (χ2v) is 9.64. The number of carbonyl (C=O) groups is 1. The summed E-state index contributed by atoms with van der Waals surface area (Å²) in [5.41, 5.74) is 2.73. The van der Waals surface area contributed by atoms with E-state index < -0.39 is 12.3 Å². The molecule has 0 radical (unpaired) electrons. The minimum absolute atomic E-state index is 0.145. The molecule has 1 aliphatic carbocycles. The SMILES string of the molecule is COC(=O)c1ccc2c(c1)nc(-c1ccc(OC(F)(F)F)cc1)n2C1C[C@H](C)CC(C)(C)C1. The van der Waals surface area contributed by atoms with E-state index in [0.29, 0.717) is 28.4 Å². The van der Waals surface area contributed by atoms with Crippen molar-refractivity contribution in [1.82, 2.24) is 9.55 Å². The molecule has 0 amide bonds. The highest BCUT2D eigenvalue weighted by Gasteiger charge is 2.35. The molecule has 1 unspecified atom stereocenters. The molecule has 0 spiro atoms. The zero-order valence-corrected chi connectivity index (χ0v) is 19.1. The largest absolute Gasteiger partial charge is 0.573 e. The topological polar surface area (TPSA) is 53.4 Å². The van der Waals surface area contributed by atoms with Crippen molar-refractivity contribution in [3.05, 3.63) is 48.0 Å². The molecule has 176 valence electrons. The third-order valence-corrected chi connectivity index (χ3v) is 6.19. The van der Waals surface area contributed by atoms with Crippen LogP contribution >= 0.6 is 0 Å². The molecule has 0 N–H and O–H groups in total. The molecule has 1 fully saturated rings. The Morgan fingerprint density at radius 3 is 2.42 bits per heavy atom. The lowest BCUT2D eigenvalue weighted by molar-refractivity contribution is -0.274. The summed E-state index contributed by atoms with van der Waals surface area (Å²) in [6.07, 6.45) is -1.70. The van der Waals surface area contributed by atoms with Crippen LogP contribution in [0.5, 0.6) is 5.75 Å². The monoisotopic (exact) mass is 460 g/mol. The summed E-state index contributed by atoms with van der Waals surface area (Å²) < 4.78 is 48.8. The molecule has 0 aliphatic heterocycles. The Labute approximate surface area is 190 Å². The van der Waals surface area contributed by atoms with Gasteiger partial charge in [-0.1, -0.05) is 20.8 Å². The fourth-order valence-electron chi connectivity index (χ4n) is 5.21. The summed E-state index contributed by atoms with van der Waals surface area (Å²) in [6, 6.07) is 11.2. The normalized spacial score (nSPS) is 20.6. The van der Waals surface area contributed by atoms with Crippen molar-refractivity contribution in [3.63, 3.8) is 0 Å². The van der Waals surface area contributed by atoms with E-state index in [1.807, 2.05) is 6.07 Å². The standard InChI is InChI=1S/C25H27F3N2O3/c1-15-11-18(14-24(2,3)13-15)30-21-10-7-17(23(31)32-4)12-20(21)29-22(30)16-5-8-19(9-6-16)33-25(26,27)28/h5-10,12,15,18H,11,13-14H2,1-4H3/t15-,18?/m0/s1. The maximum absolute atomic E-state index is 12.6. The van der Waals surface area contributed by atoms with E-state index in [1.165, 1.54) is 19.2 Å². The Balaban J connectivity index is 1.83. The predicted octanol–water partition coefficient (Wildman–Crippen LogP) is 6.78. The maximum Gasteiger partial charge on any atom is 0.573 e. The molecule has 0 bridgehead atoms. The molecule has 8 heteroatoms. The summed E-state index contributed by atoms with van der Waals surface area (Å²) in [4.78, 5) is 16.8. The fraction of sp³-hybridized carbons (Fsp3) is 0.440. The van der Waals surface area contributed by atoms with E-state index in [1.54, 1.807) is 24.3 Å². The van der Waals surface area contributed by atoms with Crippen LogP contribution < -0.4 is 4.74 Å². The van der Waals surface area contributed by atoms with Crippen LogP contribution in [0.2, 0.25) is 0 Å². The number of hydrogen-bond acceptors (Lipinski definition) is 4. The molecule has 4 rings (SSSR count). The maximum atomic E-state index is 12.6. The van der Waals surface area contributed by atoms with Crippen LogP contribution in [0.25, 0.3) is 22.4 Å². The van der Waals surface area contributed by atoms with E-state index in [2.05, 4.69) is 30.1 Å². The number of ether oxygens (including phenoxy) is 2. The molecule has 33 heavy (non-hydrogen) atoms. The molecule has 2 aromatic carbocycles. The van der Waals surface area contributed by atoms with Gasteiger partial charge < -0.3 is 14.0 Å². The zero-order valence-electron chi connectivity index (χ0n) is 19.1. The van der Waals surface area contributed by atoms with Gasteiger partial charge in [-0.25, -0.2) is 9.78 Å². The minimum atomic E-state index is -4.75. The number of nitrogens with zero attached hydrogens (tertiary/aromatic N) is 2. The van der Waals surface area contributed by atoms with Crippen molar-refractivity contribution >= 4 is 17.0 Å². The Kier molecular flexibility index (Phi) is 5.88. The third-order valence-electron chi connectivity index (χ3n) is 6.19. The number of esters is 1. The lowest BCUT2D eigenvalue weighted by Crippen LogP contribution is -2.29. The number of benzene rings is 2. The van der Waals surface area contributed by atoms with Gasteiger partial charge in [0.05, 0.1) is 23.7 Å². The second-order valence-electron chi connectivity index (χ2n) is 9.64. The van der Waals surface area contributed by atoms with Crippen LogP contribution in [0, 0.1) is 11.3 Å². The van der Waals surface area contributed by atoms with Crippen LogP contribution in [0.4, 0.5) is 13.2 Å². The highest BCUT2D eigenvalue weighted by atomic mass is 19.4. The van der Waals surface area contributed by atoms with E-state index in [0.717, 1.165) is 24.8 Å². The van der Waals surface area contributed by atoms with Crippen molar-refractivity contribution in [3.8, 4) is 17.1 Å². The first kappa shape index (κ1) is 23.1. The Morgan fingerprint density at radius 1 is 1.12 bits per heavy atom. The minimum Gasteiger partial charge on any atom is -0.465 e. The molecule has 2 atom stereocenters. The van der Waals surface area contributed by atoms with Crippen molar-refractivity contribution in [2.24, 2.45) is 11.3 Å². The lowest BCUT2D eigenvalue weighted by atomic mass is 9.70. The second kappa shape index (κ2) is 8.39. The first-order chi connectivity index (χ1) is 15.5. The number of carbonyl (C=O) groups excluding carboxylic acids is 1. The van der Waals surface area contributed by atoms with Gasteiger partial charge in [-0.2, -0.15) is 0 Å². The van der Waals surface area contributed by atoms with Crippen molar-refractivity contribution < 1.29 is 27.4 Å². The molecule has 0 saturated heterocycles. The van der Waals surface area contributed by atoms with Crippen LogP contribution in [-0.4, -0.2) is 29.0 Å². The van der Waals surface area contributed by atoms with E-state index in [-0.39, 0.29) is 17.2 Å². The predicted molar refractivity (Wildman–Crippen MR) is 119 cm³/mol. The van der Waals surface area contributed by atoms with Gasteiger partial charge in [-0.3, -0.25) is 0 Å². The number of methoxy groups -OCH3 is 1. The number of hydrogen-bond donors (Lipinski definition) is 0. The van der Waals surface area contributed by atoms with Gasteiger partial charge in [0.1, 0.15) is 11.6 Å². The van der Waals surface area contributed by atoms with Gasteiger partial charge in [-0.05, 0) is 73.1 Å². The number of aromatic nitrogens is 2. The zero-order chi connectivity index (χ0) is 24.0. The van der Waals surface area contributed by atoms with E-state index in [9.17, 15) is 18.0 Å². The molecule has 1 aliphatic rings. The average molecular weight is 460 g/mol. The summed E-state index contributed by atoms with van der Waals surface area (Å²) >= 11 is 0. The molecule has 5 nitrogen and oxygen atoms in total. The van der Waals surface area contributed by atoms with Gasteiger partial charge in [0.15, 0.2) is 0 Å². The molecular formula is C25H27F3N2O3. The van der Waals surface area contributed by atoms with Crippen LogP contribution in [0.1, 0.15) is 56.4 Å². The van der Waals surface area contributed by atoms with Gasteiger partial charge >= 0.3 is 12.3 Å². The Bertz CT molecular complexity index is 1170. The molecule has 3 aromatic rings. The average Bonchev–Trinajstić information content (AvgIpc) is 3.09. The van der Waals surface area contributed by atoms with Gasteiger partial charge in [-0.15, -0.1) is 13.2 Å². The summed E-state index contributed by atoms with van der Waals surface area (Å²) in [6.45, 7) is 6.76. The number of rotatable bonds is 4. The lowest BCUT2D eigenvalue weighted by Gasteiger charge is -2.40. The summed E-state index contributed by atoms with van der Waals surface area (Å²) in [5.74, 6) is 0.435.